The average Bonchev–Trinajstić information content (AvgIpc) is 1.85. The SMILES string of the molecule is CCN(C)CC(N)CC(=O)O. The van der Waals surface area contributed by atoms with Crippen LogP contribution in [0.15, 0.2) is 0 Å². The van der Waals surface area contributed by atoms with Crippen LogP contribution in [0.25, 0.3) is 0 Å². The van der Waals surface area contributed by atoms with Gasteiger partial charge in [-0.05, 0) is 13.6 Å². The van der Waals surface area contributed by atoms with Crippen LogP contribution in [0.4, 0.5) is 0 Å². The zero-order chi connectivity index (χ0) is 8.85. The van der Waals surface area contributed by atoms with Crippen molar-refractivity contribution >= 4 is 5.97 Å². The van der Waals surface area contributed by atoms with Crippen LogP contribution in [-0.2, 0) is 4.79 Å². The van der Waals surface area contributed by atoms with Gasteiger partial charge in [-0.15, -0.1) is 0 Å². The van der Waals surface area contributed by atoms with Gasteiger partial charge in [0.25, 0.3) is 0 Å². The molecule has 0 fully saturated rings. The molecule has 0 heterocycles. The summed E-state index contributed by atoms with van der Waals surface area (Å²) in [6, 6.07) is -0.252. The Morgan fingerprint density at radius 2 is 2.27 bits per heavy atom. The maximum absolute atomic E-state index is 10.2. The highest BCUT2D eigenvalue weighted by Gasteiger charge is 2.08. The topological polar surface area (TPSA) is 66.6 Å². The van der Waals surface area contributed by atoms with E-state index in [2.05, 4.69) is 0 Å². The van der Waals surface area contributed by atoms with Gasteiger partial charge in [0.05, 0.1) is 6.42 Å². The Labute approximate surface area is 67.0 Å². The summed E-state index contributed by atoms with van der Waals surface area (Å²) >= 11 is 0. The van der Waals surface area contributed by atoms with Crippen molar-refractivity contribution in [1.29, 1.82) is 0 Å². The second-order valence-electron chi connectivity index (χ2n) is 2.71. The number of carboxylic acid groups (broad SMARTS) is 1. The molecule has 0 aromatic carbocycles. The van der Waals surface area contributed by atoms with Gasteiger partial charge in [0, 0.05) is 12.6 Å². The minimum atomic E-state index is -0.831. The summed E-state index contributed by atoms with van der Waals surface area (Å²) in [6.07, 6.45) is 0.0460. The van der Waals surface area contributed by atoms with E-state index in [0.29, 0.717) is 6.54 Å². The van der Waals surface area contributed by atoms with Crippen LogP contribution >= 0.6 is 0 Å². The van der Waals surface area contributed by atoms with Crippen molar-refractivity contribution in [2.45, 2.75) is 19.4 Å². The molecule has 0 bridgehead atoms. The smallest absolute Gasteiger partial charge is 0.304 e. The van der Waals surface area contributed by atoms with E-state index in [4.69, 9.17) is 10.8 Å². The van der Waals surface area contributed by atoms with Gasteiger partial charge in [-0.3, -0.25) is 4.79 Å². The fraction of sp³-hybridized carbons (Fsp3) is 0.857. The van der Waals surface area contributed by atoms with Crippen LogP contribution in [0.2, 0.25) is 0 Å². The van der Waals surface area contributed by atoms with Gasteiger partial charge < -0.3 is 15.7 Å². The molecular formula is C7H16N2O2. The van der Waals surface area contributed by atoms with Crippen LogP contribution in [0.5, 0.6) is 0 Å². The number of rotatable bonds is 5. The molecule has 0 saturated heterocycles. The Morgan fingerprint density at radius 1 is 1.73 bits per heavy atom. The minimum absolute atomic E-state index is 0.0460. The third-order valence-corrected chi connectivity index (χ3v) is 1.52. The Balaban J connectivity index is 3.51. The lowest BCUT2D eigenvalue weighted by atomic mass is 10.2. The number of carboxylic acids is 1. The van der Waals surface area contributed by atoms with Gasteiger partial charge in [-0.2, -0.15) is 0 Å². The molecule has 0 aromatic heterocycles. The zero-order valence-electron chi connectivity index (χ0n) is 7.08. The fourth-order valence-electron chi connectivity index (χ4n) is 0.818. The van der Waals surface area contributed by atoms with Gasteiger partial charge in [-0.1, -0.05) is 6.92 Å². The number of hydrogen-bond acceptors (Lipinski definition) is 3. The van der Waals surface area contributed by atoms with Crippen molar-refractivity contribution in [3.63, 3.8) is 0 Å². The van der Waals surface area contributed by atoms with Crippen LogP contribution < -0.4 is 5.73 Å². The molecule has 0 aliphatic carbocycles. The second-order valence-corrected chi connectivity index (χ2v) is 2.71. The molecule has 4 heteroatoms. The molecule has 0 spiro atoms. The summed E-state index contributed by atoms with van der Waals surface area (Å²) in [5.74, 6) is -0.831. The van der Waals surface area contributed by atoms with E-state index in [1.165, 1.54) is 0 Å². The Bertz CT molecular complexity index is 128. The van der Waals surface area contributed by atoms with Crippen LogP contribution in [0, 0.1) is 0 Å². The average molecular weight is 160 g/mol. The quantitative estimate of drug-likeness (QED) is 0.581. The highest BCUT2D eigenvalue weighted by molar-refractivity contribution is 5.67. The van der Waals surface area contributed by atoms with Gasteiger partial charge in [0.15, 0.2) is 0 Å². The standard InChI is InChI=1S/C7H16N2O2/c1-3-9(2)5-6(8)4-7(10)11/h6H,3-5,8H2,1-2H3,(H,10,11). The molecule has 0 rings (SSSR count). The summed E-state index contributed by atoms with van der Waals surface area (Å²) in [6.45, 7) is 3.55. The first-order valence-corrected chi connectivity index (χ1v) is 3.72. The Morgan fingerprint density at radius 3 is 2.64 bits per heavy atom. The van der Waals surface area contributed by atoms with E-state index in [9.17, 15) is 4.79 Å². The van der Waals surface area contributed by atoms with Gasteiger partial charge in [0.2, 0.25) is 0 Å². The molecule has 0 radical (unpaired) electrons. The predicted octanol–water partition coefficient (Wildman–Crippen LogP) is -0.260. The van der Waals surface area contributed by atoms with Crippen molar-refractivity contribution in [1.82, 2.24) is 4.90 Å². The summed E-state index contributed by atoms with van der Waals surface area (Å²) in [7, 11) is 1.92. The number of nitrogens with two attached hydrogens (primary N) is 1. The lowest BCUT2D eigenvalue weighted by molar-refractivity contribution is -0.137. The largest absolute Gasteiger partial charge is 0.481 e. The van der Waals surface area contributed by atoms with E-state index >= 15 is 0 Å². The van der Waals surface area contributed by atoms with Gasteiger partial charge in [0.1, 0.15) is 0 Å². The van der Waals surface area contributed by atoms with E-state index in [1.807, 2.05) is 18.9 Å². The molecule has 3 N–H and O–H groups in total. The van der Waals surface area contributed by atoms with Crippen molar-refractivity contribution in [2.75, 3.05) is 20.1 Å². The third kappa shape index (κ3) is 5.82. The number of likely N-dealkylation sites (N-methyl/N-ethyl adjacent to an activating group) is 1. The number of nitrogens with zero attached hydrogens (tertiary/aromatic N) is 1. The highest BCUT2D eigenvalue weighted by Crippen LogP contribution is 1.91. The van der Waals surface area contributed by atoms with Crippen molar-refractivity contribution < 1.29 is 9.90 Å². The summed E-state index contributed by atoms with van der Waals surface area (Å²) in [4.78, 5) is 12.2. The molecule has 66 valence electrons. The lowest BCUT2D eigenvalue weighted by Gasteiger charge is -2.17. The minimum Gasteiger partial charge on any atom is -0.481 e. The second kappa shape index (κ2) is 5.09. The van der Waals surface area contributed by atoms with Crippen molar-refractivity contribution in [3.05, 3.63) is 0 Å². The molecule has 11 heavy (non-hydrogen) atoms. The number of aliphatic carboxylic acids is 1. The monoisotopic (exact) mass is 160 g/mol. The van der Waals surface area contributed by atoms with Gasteiger partial charge in [-0.25, -0.2) is 0 Å². The molecule has 4 nitrogen and oxygen atoms in total. The maximum atomic E-state index is 10.2. The molecule has 0 aliphatic rings. The Kier molecular flexibility index (Phi) is 4.81. The first-order chi connectivity index (χ1) is 5.06. The first-order valence-electron chi connectivity index (χ1n) is 3.72. The van der Waals surface area contributed by atoms with Crippen LogP contribution in [0.1, 0.15) is 13.3 Å². The molecule has 0 aromatic rings. The van der Waals surface area contributed by atoms with Crippen molar-refractivity contribution in [2.24, 2.45) is 5.73 Å². The van der Waals surface area contributed by atoms with Crippen LogP contribution in [0.3, 0.4) is 0 Å². The highest BCUT2D eigenvalue weighted by atomic mass is 16.4. The Hall–Kier alpha value is -0.610. The third-order valence-electron chi connectivity index (χ3n) is 1.52. The lowest BCUT2D eigenvalue weighted by Crippen LogP contribution is -2.36. The number of carbonyl (C=O) groups is 1. The zero-order valence-corrected chi connectivity index (χ0v) is 7.08. The summed E-state index contributed by atoms with van der Waals surface area (Å²) in [5.41, 5.74) is 5.53. The summed E-state index contributed by atoms with van der Waals surface area (Å²) in [5, 5.41) is 8.37. The van der Waals surface area contributed by atoms with E-state index in [1.54, 1.807) is 0 Å². The molecular weight excluding hydrogens is 144 g/mol. The van der Waals surface area contributed by atoms with E-state index in [0.717, 1.165) is 6.54 Å². The predicted molar refractivity (Wildman–Crippen MR) is 43.4 cm³/mol. The van der Waals surface area contributed by atoms with Gasteiger partial charge >= 0.3 is 5.97 Å². The molecule has 1 unspecified atom stereocenters. The maximum Gasteiger partial charge on any atom is 0.304 e. The fourth-order valence-corrected chi connectivity index (χ4v) is 0.818. The molecule has 0 amide bonds. The number of hydrogen-bond donors (Lipinski definition) is 2. The molecule has 0 saturated carbocycles. The van der Waals surface area contributed by atoms with Crippen molar-refractivity contribution in [3.8, 4) is 0 Å². The first kappa shape index (κ1) is 10.4. The van der Waals surface area contributed by atoms with E-state index < -0.39 is 5.97 Å². The van der Waals surface area contributed by atoms with Crippen LogP contribution in [-0.4, -0.2) is 42.2 Å². The van der Waals surface area contributed by atoms with E-state index in [-0.39, 0.29) is 12.5 Å². The molecule has 1 atom stereocenters. The summed E-state index contributed by atoms with van der Waals surface area (Å²) < 4.78 is 0. The normalized spacial score (nSPS) is 13.5. The molecule has 0 aliphatic heterocycles.